The molecule has 0 atom stereocenters. The molecule has 1 N–H and O–H groups in total. The van der Waals surface area contributed by atoms with E-state index in [-0.39, 0.29) is 5.91 Å². The SMILES string of the molecule is CN(C)CCN(C)CC(=O)N(C)c1ccc(NCc2ccccc2)cc1. The first-order valence-electron chi connectivity index (χ1n) is 8.93. The second-order valence-electron chi connectivity index (χ2n) is 6.88. The van der Waals surface area contributed by atoms with Crippen LogP contribution >= 0.6 is 0 Å². The third-order valence-electron chi connectivity index (χ3n) is 4.30. The molecule has 2 rings (SSSR count). The number of hydrogen-bond donors (Lipinski definition) is 1. The molecule has 0 spiro atoms. The minimum Gasteiger partial charge on any atom is -0.381 e. The zero-order valence-corrected chi connectivity index (χ0v) is 16.3. The monoisotopic (exact) mass is 354 g/mol. The summed E-state index contributed by atoms with van der Waals surface area (Å²) in [7, 11) is 7.88. The first-order valence-corrected chi connectivity index (χ1v) is 8.93. The fraction of sp³-hybridized carbons (Fsp3) is 0.381. The van der Waals surface area contributed by atoms with Crippen molar-refractivity contribution in [1.82, 2.24) is 9.80 Å². The summed E-state index contributed by atoms with van der Waals surface area (Å²) in [6.45, 7) is 3.01. The highest BCUT2D eigenvalue weighted by Crippen LogP contribution is 2.18. The fourth-order valence-corrected chi connectivity index (χ4v) is 2.53. The van der Waals surface area contributed by atoms with Crippen molar-refractivity contribution in [3.8, 4) is 0 Å². The molecule has 140 valence electrons. The van der Waals surface area contributed by atoms with Gasteiger partial charge in [0, 0.05) is 38.1 Å². The van der Waals surface area contributed by atoms with Gasteiger partial charge in [-0.25, -0.2) is 0 Å². The van der Waals surface area contributed by atoms with Crippen molar-refractivity contribution in [3.05, 3.63) is 60.2 Å². The van der Waals surface area contributed by atoms with Gasteiger partial charge in [0.15, 0.2) is 0 Å². The van der Waals surface area contributed by atoms with E-state index in [0.717, 1.165) is 31.0 Å². The lowest BCUT2D eigenvalue weighted by Crippen LogP contribution is -2.39. The van der Waals surface area contributed by atoms with E-state index in [2.05, 4.69) is 27.2 Å². The molecule has 0 aliphatic heterocycles. The van der Waals surface area contributed by atoms with E-state index in [0.29, 0.717) is 6.54 Å². The third-order valence-corrected chi connectivity index (χ3v) is 4.30. The number of anilines is 2. The Kier molecular flexibility index (Phi) is 7.63. The number of likely N-dealkylation sites (N-methyl/N-ethyl adjacent to an activating group) is 3. The molecule has 26 heavy (non-hydrogen) atoms. The second kappa shape index (κ2) is 9.94. The summed E-state index contributed by atoms with van der Waals surface area (Å²) < 4.78 is 0. The lowest BCUT2D eigenvalue weighted by molar-refractivity contribution is -0.119. The highest BCUT2D eigenvalue weighted by atomic mass is 16.2. The minimum atomic E-state index is 0.0938. The third kappa shape index (κ3) is 6.50. The molecule has 0 aromatic heterocycles. The molecule has 0 radical (unpaired) electrons. The summed E-state index contributed by atoms with van der Waals surface area (Å²) in [6, 6.07) is 18.3. The number of amides is 1. The van der Waals surface area contributed by atoms with Crippen LogP contribution in [0.4, 0.5) is 11.4 Å². The van der Waals surface area contributed by atoms with Gasteiger partial charge < -0.3 is 15.1 Å². The van der Waals surface area contributed by atoms with E-state index in [1.54, 1.807) is 4.90 Å². The number of carbonyl (C=O) groups is 1. The first-order chi connectivity index (χ1) is 12.5. The van der Waals surface area contributed by atoms with Gasteiger partial charge in [0.2, 0.25) is 5.91 Å². The van der Waals surface area contributed by atoms with Crippen LogP contribution in [-0.4, -0.2) is 63.5 Å². The van der Waals surface area contributed by atoms with Crippen molar-refractivity contribution >= 4 is 17.3 Å². The molecular formula is C21H30N4O. The Morgan fingerprint density at radius 2 is 1.54 bits per heavy atom. The van der Waals surface area contributed by atoms with Crippen LogP contribution in [0.2, 0.25) is 0 Å². The smallest absolute Gasteiger partial charge is 0.240 e. The van der Waals surface area contributed by atoms with E-state index in [4.69, 9.17) is 0 Å². The van der Waals surface area contributed by atoms with E-state index < -0.39 is 0 Å². The molecule has 0 saturated carbocycles. The van der Waals surface area contributed by atoms with E-state index in [9.17, 15) is 4.79 Å². The average Bonchev–Trinajstić information content (AvgIpc) is 2.65. The van der Waals surface area contributed by atoms with Crippen molar-refractivity contribution in [2.45, 2.75) is 6.54 Å². The van der Waals surface area contributed by atoms with Gasteiger partial charge in [0.25, 0.3) is 0 Å². The summed E-state index contributed by atoms with van der Waals surface area (Å²) in [5.41, 5.74) is 3.19. The molecule has 5 nitrogen and oxygen atoms in total. The molecule has 0 aliphatic carbocycles. The summed E-state index contributed by atoms with van der Waals surface area (Å²) in [5, 5.41) is 3.40. The van der Waals surface area contributed by atoms with Gasteiger partial charge in [-0.05, 0) is 51.0 Å². The maximum absolute atomic E-state index is 12.4. The van der Waals surface area contributed by atoms with E-state index in [1.165, 1.54) is 5.56 Å². The zero-order valence-electron chi connectivity index (χ0n) is 16.3. The molecule has 0 bridgehead atoms. The Hall–Kier alpha value is -2.37. The fourth-order valence-electron chi connectivity index (χ4n) is 2.53. The molecule has 2 aromatic carbocycles. The summed E-state index contributed by atoms with van der Waals surface area (Å²) in [5.74, 6) is 0.0938. The molecule has 0 fully saturated rings. The zero-order chi connectivity index (χ0) is 18.9. The van der Waals surface area contributed by atoms with Crippen LogP contribution in [-0.2, 0) is 11.3 Å². The predicted octanol–water partition coefficient (Wildman–Crippen LogP) is 2.75. The lowest BCUT2D eigenvalue weighted by atomic mass is 10.2. The van der Waals surface area contributed by atoms with Crippen LogP contribution in [0, 0.1) is 0 Å². The Morgan fingerprint density at radius 1 is 0.885 bits per heavy atom. The standard InChI is InChI=1S/C21H30N4O/c1-23(2)14-15-24(3)17-21(26)25(4)20-12-10-19(11-13-20)22-16-18-8-6-5-7-9-18/h5-13,22H,14-17H2,1-4H3. The summed E-state index contributed by atoms with van der Waals surface area (Å²) >= 11 is 0. The van der Waals surface area contributed by atoms with Gasteiger partial charge in [-0.1, -0.05) is 30.3 Å². The Labute approximate surface area is 157 Å². The van der Waals surface area contributed by atoms with Crippen LogP contribution in [0.3, 0.4) is 0 Å². The lowest BCUT2D eigenvalue weighted by Gasteiger charge is -2.23. The highest BCUT2D eigenvalue weighted by molar-refractivity contribution is 5.94. The Morgan fingerprint density at radius 3 is 2.15 bits per heavy atom. The van der Waals surface area contributed by atoms with Gasteiger partial charge >= 0.3 is 0 Å². The molecule has 0 aliphatic rings. The largest absolute Gasteiger partial charge is 0.381 e. The number of nitrogens with zero attached hydrogens (tertiary/aromatic N) is 3. The van der Waals surface area contributed by atoms with Crippen molar-refractivity contribution < 1.29 is 4.79 Å². The normalized spacial score (nSPS) is 11.0. The minimum absolute atomic E-state index is 0.0938. The quantitative estimate of drug-likeness (QED) is 0.752. The number of carbonyl (C=O) groups excluding carboxylic acids is 1. The number of nitrogens with one attached hydrogen (secondary N) is 1. The van der Waals surface area contributed by atoms with Crippen molar-refractivity contribution in [2.75, 3.05) is 58.0 Å². The summed E-state index contributed by atoms with van der Waals surface area (Å²) in [4.78, 5) is 18.3. The van der Waals surface area contributed by atoms with E-state index in [1.807, 2.05) is 70.7 Å². The molecule has 0 unspecified atom stereocenters. The van der Waals surface area contributed by atoms with Crippen LogP contribution in [0.1, 0.15) is 5.56 Å². The van der Waals surface area contributed by atoms with Crippen LogP contribution in [0.5, 0.6) is 0 Å². The molecule has 0 saturated heterocycles. The maximum atomic E-state index is 12.4. The molecular weight excluding hydrogens is 324 g/mol. The van der Waals surface area contributed by atoms with Gasteiger partial charge in [0.05, 0.1) is 6.54 Å². The first kappa shape index (κ1) is 19.9. The molecule has 2 aromatic rings. The van der Waals surface area contributed by atoms with Gasteiger partial charge in [-0.2, -0.15) is 0 Å². The van der Waals surface area contributed by atoms with Crippen molar-refractivity contribution in [3.63, 3.8) is 0 Å². The number of rotatable bonds is 9. The summed E-state index contributed by atoms with van der Waals surface area (Å²) in [6.07, 6.45) is 0. The van der Waals surface area contributed by atoms with Crippen LogP contribution in [0.15, 0.2) is 54.6 Å². The van der Waals surface area contributed by atoms with Gasteiger partial charge in [0.1, 0.15) is 0 Å². The molecule has 0 heterocycles. The van der Waals surface area contributed by atoms with Gasteiger partial charge in [-0.3, -0.25) is 9.69 Å². The number of hydrogen-bond acceptors (Lipinski definition) is 4. The predicted molar refractivity (Wildman–Crippen MR) is 110 cm³/mol. The molecule has 5 heteroatoms. The Balaban J connectivity index is 1.85. The molecule has 1 amide bonds. The maximum Gasteiger partial charge on any atom is 0.240 e. The Bertz CT molecular complexity index is 670. The van der Waals surface area contributed by atoms with Crippen LogP contribution < -0.4 is 10.2 Å². The van der Waals surface area contributed by atoms with Gasteiger partial charge in [-0.15, -0.1) is 0 Å². The van der Waals surface area contributed by atoms with E-state index >= 15 is 0 Å². The van der Waals surface area contributed by atoms with Crippen molar-refractivity contribution in [1.29, 1.82) is 0 Å². The highest BCUT2D eigenvalue weighted by Gasteiger charge is 2.13. The average molecular weight is 354 g/mol. The van der Waals surface area contributed by atoms with Crippen molar-refractivity contribution in [2.24, 2.45) is 0 Å². The second-order valence-corrected chi connectivity index (χ2v) is 6.88. The topological polar surface area (TPSA) is 38.8 Å². The number of benzene rings is 2. The van der Waals surface area contributed by atoms with Crippen LogP contribution in [0.25, 0.3) is 0 Å².